The molecule has 0 aliphatic rings. The Hall–Kier alpha value is -2.20. The molecule has 0 radical (unpaired) electrons. The molecule has 2 aromatic carbocycles. The van der Waals surface area contributed by atoms with Gasteiger partial charge in [0.2, 0.25) is 0 Å². The highest BCUT2D eigenvalue weighted by molar-refractivity contribution is 6.31. The molecular weight excluding hydrogens is 288 g/mol. The van der Waals surface area contributed by atoms with Gasteiger partial charge in [-0.1, -0.05) is 17.7 Å². The summed E-state index contributed by atoms with van der Waals surface area (Å²) in [6.45, 7) is 2.33. The summed E-state index contributed by atoms with van der Waals surface area (Å²) in [6.07, 6.45) is 0. The number of carbonyl (C=O) groups excluding carboxylic acids is 1. The number of hydrogen-bond donors (Lipinski definition) is 3. The van der Waals surface area contributed by atoms with E-state index < -0.39 is 0 Å². The van der Waals surface area contributed by atoms with E-state index in [0.29, 0.717) is 22.7 Å². The van der Waals surface area contributed by atoms with Crippen LogP contribution in [-0.4, -0.2) is 18.1 Å². The first-order chi connectivity index (χ1) is 10.0. The zero-order valence-electron chi connectivity index (χ0n) is 11.9. The maximum absolute atomic E-state index is 11.6. The van der Waals surface area contributed by atoms with Crippen LogP contribution in [0, 0.1) is 6.92 Å². The monoisotopic (exact) mass is 304 g/mol. The lowest BCUT2D eigenvalue weighted by molar-refractivity contribution is 0.0963. The van der Waals surface area contributed by atoms with Crippen molar-refractivity contribution in [2.75, 3.05) is 12.4 Å². The number of amides is 1. The number of halogens is 1. The van der Waals surface area contributed by atoms with E-state index in [0.717, 1.165) is 11.3 Å². The molecule has 5 heteroatoms. The molecule has 0 saturated carbocycles. The van der Waals surface area contributed by atoms with Crippen LogP contribution >= 0.6 is 11.6 Å². The predicted octanol–water partition coefficient (Wildman–Crippen LogP) is 3.33. The number of nitrogens with one attached hydrogen (secondary N) is 2. The fourth-order valence-electron chi connectivity index (χ4n) is 2.05. The number of carbonyl (C=O) groups is 1. The molecule has 0 aliphatic carbocycles. The molecule has 4 nitrogen and oxygen atoms in total. The van der Waals surface area contributed by atoms with Crippen LogP contribution in [0.15, 0.2) is 36.4 Å². The van der Waals surface area contributed by atoms with Crippen molar-refractivity contribution in [2.45, 2.75) is 13.5 Å². The third kappa shape index (κ3) is 3.47. The molecule has 0 atom stereocenters. The number of aryl methyl sites for hydroxylation is 1. The molecule has 0 aromatic heterocycles. The molecule has 2 aromatic rings. The van der Waals surface area contributed by atoms with Crippen molar-refractivity contribution in [3.05, 3.63) is 58.1 Å². The third-order valence-corrected chi connectivity index (χ3v) is 3.62. The van der Waals surface area contributed by atoms with Gasteiger partial charge in [0.15, 0.2) is 0 Å². The number of rotatable bonds is 4. The van der Waals surface area contributed by atoms with E-state index in [1.165, 1.54) is 0 Å². The van der Waals surface area contributed by atoms with E-state index in [9.17, 15) is 9.90 Å². The minimum atomic E-state index is -0.117. The van der Waals surface area contributed by atoms with Crippen LogP contribution in [0.1, 0.15) is 21.5 Å². The first kappa shape index (κ1) is 15.2. The Morgan fingerprint density at radius 1 is 1.29 bits per heavy atom. The molecule has 0 saturated heterocycles. The van der Waals surface area contributed by atoms with Crippen LogP contribution < -0.4 is 10.6 Å². The van der Waals surface area contributed by atoms with Gasteiger partial charge in [-0.2, -0.15) is 0 Å². The second-order valence-corrected chi connectivity index (χ2v) is 5.11. The van der Waals surface area contributed by atoms with Crippen molar-refractivity contribution in [3.63, 3.8) is 0 Å². The second kappa shape index (κ2) is 6.50. The summed E-state index contributed by atoms with van der Waals surface area (Å²) in [7, 11) is 1.60. The van der Waals surface area contributed by atoms with Crippen LogP contribution in [0.25, 0.3) is 0 Å². The maximum Gasteiger partial charge on any atom is 0.251 e. The zero-order chi connectivity index (χ0) is 15.4. The van der Waals surface area contributed by atoms with Gasteiger partial charge in [0, 0.05) is 35.4 Å². The Morgan fingerprint density at radius 3 is 2.67 bits per heavy atom. The summed E-state index contributed by atoms with van der Waals surface area (Å²) in [4.78, 5) is 11.6. The van der Waals surface area contributed by atoms with Crippen LogP contribution in [0.4, 0.5) is 5.69 Å². The SMILES string of the molecule is CNC(=O)c1ccc(NCc2c(O)cccc2Cl)c(C)c1. The van der Waals surface area contributed by atoms with Gasteiger partial charge < -0.3 is 15.7 Å². The Morgan fingerprint density at radius 2 is 2.05 bits per heavy atom. The molecule has 110 valence electrons. The van der Waals surface area contributed by atoms with Crippen LogP contribution in [-0.2, 0) is 6.54 Å². The molecule has 21 heavy (non-hydrogen) atoms. The van der Waals surface area contributed by atoms with Gasteiger partial charge in [-0.25, -0.2) is 0 Å². The van der Waals surface area contributed by atoms with Gasteiger partial charge in [-0.15, -0.1) is 0 Å². The fraction of sp³-hybridized carbons (Fsp3) is 0.188. The van der Waals surface area contributed by atoms with Gasteiger partial charge in [0.1, 0.15) is 5.75 Å². The Balaban J connectivity index is 2.16. The third-order valence-electron chi connectivity index (χ3n) is 3.27. The Labute approximate surface area is 128 Å². The second-order valence-electron chi connectivity index (χ2n) is 4.70. The van der Waals surface area contributed by atoms with Crippen molar-refractivity contribution in [3.8, 4) is 5.75 Å². The van der Waals surface area contributed by atoms with Crippen molar-refractivity contribution in [1.29, 1.82) is 0 Å². The molecule has 2 rings (SSSR count). The van der Waals surface area contributed by atoms with Gasteiger partial charge in [-0.05, 0) is 42.8 Å². The van der Waals surface area contributed by atoms with E-state index in [1.54, 1.807) is 31.3 Å². The summed E-state index contributed by atoms with van der Waals surface area (Å²) in [5.74, 6) is 0.0445. The summed E-state index contributed by atoms with van der Waals surface area (Å²) in [5, 5.41) is 16.1. The van der Waals surface area contributed by atoms with E-state index >= 15 is 0 Å². The number of hydrogen-bond acceptors (Lipinski definition) is 3. The fourth-order valence-corrected chi connectivity index (χ4v) is 2.29. The van der Waals surface area contributed by atoms with Crippen molar-refractivity contribution < 1.29 is 9.90 Å². The summed E-state index contributed by atoms with van der Waals surface area (Å²) >= 11 is 6.07. The van der Waals surface area contributed by atoms with Crippen LogP contribution in [0.5, 0.6) is 5.75 Å². The van der Waals surface area contributed by atoms with Gasteiger partial charge in [0.05, 0.1) is 0 Å². The van der Waals surface area contributed by atoms with Gasteiger partial charge in [0.25, 0.3) is 5.91 Å². The highest BCUT2D eigenvalue weighted by Gasteiger charge is 2.08. The molecule has 1 amide bonds. The van der Waals surface area contributed by atoms with E-state index in [-0.39, 0.29) is 11.7 Å². The molecule has 0 fully saturated rings. The average Bonchev–Trinajstić information content (AvgIpc) is 2.47. The summed E-state index contributed by atoms with van der Waals surface area (Å²) < 4.78 is 0. The predicted molar refractivity (Wildman–Crippen MR) is 85.0 cm³/mol. The zero-order valence-corrected chi connectivity index (χ0v) is 12.7. The molecule has 0 spiro atoms. The number of phenols is 1. The van der Waals surface area contributed by atoms with E-state index in [1.807, 2.05) is 19.1 Å². The molecule has 0 heterocycles. The van der Waals surface area contributed by atoms with Crippen molar-refractivity contribution in [2.24, 2.45) is 0 Å². The van der Waals surface area contributed by atoms with Crippen molar-refractivity contribution in [1.82, 2.24) is 5.32 Å². The molecule has 3 N–H and O–H groups in total. The number of phenolic OH excluding ortho intramolecular Hbond substituents is 1. The minimum Gasteiger partial charge on any atom is -0.508 e. The lowest BCUT2D eigenvalue weighted by Gasteiger charge is -2.13. The number of aromatic hydroxyl groups is 1. The Kier molecular flexibility index (Phi) is 4.70. The van der Waals surface area contributed by atoms with E-state index in [2.05, 4.69) is 10.6 Å². The standard InChI is InChI=1S/C16H17ClN2O2/c1-10-8-11(16(21)18-2)6-7-14(10)19-9-12-13(17)4-3-5-15(12)20/h3-8,19-20H,9H2,1-2H3,(H,18,21). The highest BCUT2D eigenvalue weighted by atomic mass is 35.5. The largest absolute Gasteiger partial charge is 0.508 e. The smallest absolute Gasteiger partial charge is 0.251 e. The average molecular weight is 305 g/mol. The van der Waals surface area contributed by atoms with Crippen molar-refractivity contribution >= 4 is 23.2 Å². The van der Waals surface area contributed by atoms with Crippen LogP contribution in [0.2, 0.25) is 5.02 Å². The quantitative estimate of drug-likeness (QED) is 0.812. The topological polar surface area (TPSA) is 61.4 Å². The lowest BCUT2D eigenvalue weighted by Crippen LogP contribution is -2.17. The Bertz CT molecular complexity index is 651. The highest BCUT2D eigenvalue weighted by Crippen LogP contribution is 2.26. The molecule has 0 unspecified atom stereocenters. The number of anilines is 1. The molecule has 0 aliphatic heterocycles. The summed E-state index contributed by atoms with van der Waals surface area (Å²) in [6, 6.07) is 10.4. The molecular formula is C16H17ClN2O2. The van der Waals surface area contributed by atoms with E-state index in [4.69, 9.17) is 11.6 Å². The lowest BCUT2D eigenvalue weighted by atomic mass is 10.1. The first-order valence-corrected chi connectivity index (χ1v) is 6.93. The normalized spacial score (nSPS) is 10.2. The van der Waals surface area contributed by atoms with Crippen LogP contribution in [0.3, 0.4) is 0 Å². The number of benzene rings is 2. The first-order valence-electron chi connectivity index (χ1n) is 6.56. The maximum atomic E-state index is 11.6. The van der Waals surface area contributed by atoms with Gasteiger partial charge >= 0.3 is 0 Å². The molecule has 0 bridgehead atoms. The minimum absolute atomic E-state index is 0.117. The van der Waals surface area contributed by atoms with Gasteiger partial charge in [-0.3, -0.25) is 4.79 Å². The summed E-state index contributed by atoms with van der Waals surface area (Å²) in [5.41, 5.74) is 3.10.